The number of aryl methyl sites for hydroxylation is 1. The third-order valence-electron chi connectivity index (χ3n) is 2.69. The molecule has 2 rings (SSSR count). The maximum Gasteiger partial charge on any atom is 0.335 e. The lowest BCUT2D eigenvalue weighted by molar-refractivity contribution is 0.0696. The molecule has 0 bridgehead atoms. The van der Waals surface area contributed by atoms with Gasteiger partial charge in [0.05, 0.1) is 10.6 Å². The maximum atomic E-state index is 13.3. The number of halogens is 2. The summed E-state index contributed by atoms with van der Waals surface area (Å²) in [6.45, 7) is 1.95. The molecule has 0 aliphatic rings. The molecule has 0 spiro atoms. The van der Waals surface area contributed by atoms with E-state index < -0.39 is 11.8 Å². The van der Waals surface area contributed by atoms with Crippen LogP contribution < -0.4 is 4.74 Å². The van der Waals surface area contributed by atoms with Crippen molar-refractivity contribution in [1.29, 1.82) is 0 Å². The van der Waals surface area contributed by atoms with Crippen LogP contribution in [0.5, 0.6) is 5.75 Å². The minimum Gasteiger partial charge on any atom is -0.487 e. The van der Waals surface area contributed by atoms with Crippen LogP contribution in [0, 0.1) is 12.7 Å². The summed E-state index contributed by atoms with van der Waals surface area (Å²) in [6.07, 6.45) is 0. The highest BCUT2D eigenvalue weighted by Gasteiger charge is 2.08. The quantitative estimate of drug-likeness (QED) is 0.925. The van der Waals surface area contributed by atoms with Crippen LogP contribution in [0.3, 0.4) is 0 Å². The molecule has 0 radical (unpaired) electrons. The van der Waals surface area contributed by atoms with Gasteiger partial charge in [0, 0.05) is 0 Å². The van der Waals surface area contributed by atoms with Crippen molar-refractivity contribution in [3.63, 3.8) is 0 Å². The summed E-state index contributed by atoms with van der Waals surface area (Å²) < 4.78 is 18.8. The molecular formula is C15H12ClFO3. The van der Waals surface area contributed by atoms with Crippen molar-refractivity contribution < 1.29 is 19.0 Å². The van der Waals surface area contributed by atoms with Crippen molar-refractivity contribution in [2.75, 3.05) is 0 Å². The van der Waals surface area contributed by atoms with E-state index in [2.05, 4.69) is 0 Å². The molecule has 0 aliphatic heterocycles. The van der Waals surface area contributed by atoms with Gasteiger partial charge in [0.15, 0.2) is 0 Å². The van der Waals surface area contributed by atoms with Gasteiger partial charge in [-0.3, -0.25) is 0 Å². The van der Waals surface area contributed by atoms with Crippen molar-refractivity contribution in [3.05, 3.63) is 63.9 Å². The van der Waals surface area contributed by atoms with Crippen LogP contribution in [0.25, 0.3) is 0 Å². The first-order valence-corrected chi connectivity index (χ1v) is 6.25. The van der Waals surface area contributed by atoms with Crippen LogP contribution in [0.15, 0.2) is 36.4 Å². The highest BCUT2D eigenvalue weighted by molar-refractivity contribution is 6.32. The number of carbonyl (C=O) groups is 1. The second-order valence-electron chi connectivity index (χ2n) is 4.38. The Bertz CT molecular complexity index is 656. The fourth-order valence-corrected chi connectivity index (χ4v) is 2.03. The molecule has 1 N–H and O–H groups in total. The van der Waals surface area contributed by atoms with E-state index in [-0.39, 0.29) is 12.2 Å². The van der Waals surface area contributed by atoms with Crippen LogP contribution >= 0.6 is 11.6 Å². The van der Waals surface area contributed by atoms with Crippen molar-refractivity contribution in [1.82, 2.24) is 0 Å². The summed E-state index contributed by atoms with van der Waals surface area (Å²) in [7, 11) is 0. The molecule has 0 saturated carbocycles. The molecule has 3 nitrogen and oxygen atoms in total. The third kappa shape index (κ3) is 3.48. The van der Waals surface area contributed by atoms with Gasteiger partial charge in [-0.05, 0) is 48.4 Å². The zero-order valence-electron chi connectivity index (χ0n) is 10.7. The molecule has 5 heteroatoms. The second-order valence-corrected chi connectivity index (χ2v) is 4.78. The van der Waals surface area contributed by atoms with Gasteiger partial charge in [0.25, 0.3) is 0 Å². The topological polar surface area (TPSA) is 46.5 Å². The largest absolute Gasteiger partial charge is 0.487 e. The summed E-state index contributed by atoms with van der Waals surface area (Å²) in [5.41, 5.74) is 1.32. The Balaban J connectivity index is 2.16. The maximum absolute atomic E-state index is 13.3. The molecule has 0 heterocycles. The fraction of sp³-hybridized carbons (Fsp3) is 0.133. The lowest BCUT2D eigenvalue weighted by Gasteiger charge is -2.09. The monoisotopic (exact) mass is 294 g/mol. The highest BCUT2D eigenvalue weighted by Crippen LogP contribution is 2.26. The van der Waals surface area contributed by atoms with E-state index in [4.69, 9.17) is 21.4 Å². The lowest BCUT2D eigenvalue weighted by Crippen LogP contribution is -2.02. The first-order valence-electron chi connectivity index (χ1n) is 5.87. The molecule has 0 aliphatic carbocycles. The Hall–Kier alpha value is -2.07. The van der Waals surface area contributed by atoms with Crippen molar-refractivity contribution in [3.8, 4) is 5.75 Å². The van der Waals surface area contributed by atoms with Gasteiger partial charge in [0.1, 0.15) is 18.2 Å². The van der Waals surface area contributed by atoms with Gasteiger partial charge in [-0.25, -0.2) is 9.18 Å². The number of carboxylic acids is 1. The third-order valence-corrected chi connectivity index (χ3v) is 2.98. The Morgan fingerprint density at radius 1 is 1.30 bits per heavy atom. The zero-order chi connectivity index (χ0) is 14.7. The van der Waals surface area contributed by atoms with Crippen molar-refractivity contribution >= 4 is 17.6 Å². The van der Waals surface area contributed by atoms with Gasteiger partial charge in [0.2, 0.25) is 0 Å². The number of aromatic carboxylic acids is 1. The Kier molecular flexibility index (Phi) is 4.25. The lowest BCUT2D eigenvalue weighted by atomic mass is 10.1. The summed E-state index contributed by atoms with van der Waals surface area (Å²) in [4.78, 5) is 10.8. The molecule has 20 heavy (non-hydrogen) atoms. The van der Waals surface area contributed by atoms with Crippen LogP contribution in [0.2, 0.25) is 5.02 Å². The number of rotatable bonds is 4. The van der Waals surface area contributed by atoms with E-state index in [0.717, 1.165) is 11.6 Å². The average Bonchev–Trinajstić information content (AvgIpc) is 2.37. The molecule has 0 saturated heterocycles. The number of ether oxygens (including phenoxy) is 1. The SMILES string of the molecule is Cc1ccc(OCc2cc(F)cc(C(=O)O)c2)c(Cl)c1. The smallest absolute Gasteiger partial charge is 0.335 e. The summed E-state index contributed by atoms with van der Waals surface area (Å²) in [6, 6.07) is 8.88. The van der Waals surface area contributed by atoms with Crippen molar-refractivity contribution in [2.45, 2.75) is 13.5 Å². The molecule has 104 valence electrons. The van der Waals surface area contributed by atoms with Crippen LogP contribution in [0.4, 0.5) is 4.39 Å². The van der Waals surface area contributed by atoms with Crippen molar-refractivity contribution in [2.24, 2.45) is 0 Å². The minimum absolute atomic E-state index is 0.0425. The van der Waals surface area contributed by atoms with E-state index in [1.54, 1.807) is 12.1 Å². The average molecular weight is 295 g/mol. The Labute approximate surface area is 120 Å². The predicted molar refractivity (Wildman–Crippen MR) is 73.9 cm³/mol. The molecule has 0 unspecified atom stereocenters. The second kappa shape index (κ2) is 5.92. The fourth-order valence-electron chi connectivity index (χ4n) is 1.74. The van der Waals surface area contributed by atoms with E-state index in [9.17, 15) is 9.18 Å². The normalized spacial score (nSPS) is 10.3. The van der Waals surface area contributed by atoms with Crippen LogP contribution in [-0.4, -0.2) is 11.1 Å². The molecule has 2 aromatic rings. The van der Waals surface area contributed by atoms with Gasteiger partial charge in [-0.15, -0.1) is 0 Å². The van der Waals surface area contributed by atoms with Gasteiger partial charge < -0.3 is 9.84 Å². The van der Waals surface area contributed by atoms with E-state index >= 15 is 0 Å². The molecule has 2 aromatic carbocycles. The first-order chi connectivity index (χ1) is 9.45. The number of hydrogen-bond acceptors (Lipinski definition) is 2. The van der Waals surface area contributed by atoms with Crippen LogP contribution in [0.1, 0.15) is 21.5 Å². The van der Waals surface area contributed by atoms with E-state index in [1.165, 1.54) is 12.1 Å². The first kappa shape index (κ1) is 14.3. The highest BCUT2D eigenvalue weighted by atomic mass is 35.5. The summed E-state index contributed by atoms with van der Waals surface area (Å²) >= 11 is 6.02. The van der Waals surface area contributed by atoms with Crippen LogP contribution in [-0.2, 0) is 6.61 Å². The van der Waals surface area contributed by atoms with E-state index in [0.29, 0.717) is 16.3 Å². The van der Waals surface area contributed by atoms with E-state index in [1.807, 2.05) is 13.0 Å². The molecular weight excluding hydrogens is 283 g/mol. The Morgan fingerprint density at radius 2 is 2.05 bits per heavy atom. The predicted octanol–water partition coefficient (Wildman–Crippen LogP) is 4.06. The molecule has 0 aromatic heterocycles. The molecule has 0 atom stereocenters. The molecule has 0 fully saturated rings. The number of carboxylic acid groups (broad SMARTS) is 1. The summed E-state index contributed by atoms with van der Waals surface area (Å²) in [5, 5.41) is 9.32. The Morgan fingerprint density at radius 3 is 2.70 bits per heavy atom. The van der Waals surface area contributed by atoms with Gasteiger partial charge in [-0.2, -0.15) is 0 Å². The minimum atomic E-state index is -1.18. The number of benzene rings is 2. The summed E-state index contributed by atoms with van der Waals surface area (Å²) in [5.74, 6) is -1.32. The van der Waals surface area contributed by atoms with Gasteiger partial charge >= 0.3 is 5.97 Å². The number of hydrogen-bond donors (Lipinski definition) is 1. The zero-order valence-corrected chi connectivity index (χ0v) is 11.4. The standard InChI is InChI=1S/C15H12ClFO3/c1-9-2-3-14(13(16)4-9)20-8-10-5-11(15(18)19)7-12(17)6-10/h2-7H,8H2,1H3,(H,18,19). The molecule has 0 amide bonds. The van der Waals surface area contributed by atoms with Gasteiger partial charge in [-0.1, -0.05) is 17.7 Å².